The minimum atomic E-state index is -1.19. The van der Waals surface area contributed by atoms with Gasteiger partial charge in [0.25, 0.3) is 5.91 Å². The van der Waals surface area contributed by atoms with E-state index < -0.39 is 23.4 Å². The number of urea groups is 1. The van der Waals surface area contributed by atoms with Crippen molar-refractivity contribution in [3.05, 3.63) is 95.6 Å². The number of rotatable bonds is 6. The lowest BCUT2D eigenvalue weighted by atomic mass is 9.91. The van der Waals surface area contributed by atoms with Crippen molar-refractivity contribution in [1.29, 1.82) is 0 Å². The van der Waals surface area contributed by atoms with Gasteiger partial charge in [0.15, 0.2) is 0 Å². The highest BCUT2D eigenvalue weighted by atomic mass is 16.2. The summed E-state index contributed by atoms with van der Waals surface area (Å²) in [6.07, 6.45) is 0. The van der Waals surface area contributed by atoms with Crippen molar-refractivity contribution in [1.82, 2.24) is 15.5 Å². The molecular weight excluding hydrogens is 414 g/mol. The van der Waals surface area contributed by atoms with Gasteiger partial charge in [-0.05, 0) is 43.0 Å². The van der Waals surface area contributed by atoms with Crippen molar-refractivity contribution in [2.75, 3.05) is 6.54 Å². The van der Waals surface area contributed by atoms with Gasteiger partial charge in [0, 0.05) is 0 Å². The molecule has 1 saturated heterocycles. The third kappa shape index (κ3) is 4.51. The lowest BCUT2D eigenvalue weighted by Gasteiger charge is -2.22. The number of carbonyl (C=O) groups excluding carboxylic acids is 3. The first kappa shape index (κ1) is 22.3. The van der Waals surface area contributed by atoms with Gasteiger partial charge in [0.1, 0.15) is 12.1 Å². The molecule has 0 spiro atoms. The normalized spacial score (nSPS) is 18.7. The van der Waals surface area contributed by atoms with E-state index in [0.717, 1.165) is 27.2 Å². The van der Waals surface area contributed by atoms with Crippen molar-refractivity contribution in [2.24, 2.45) is 0 Å². The number of nitrogens with zero attached hydrogens (tertiary/aromatic N) is 1. The van der Waals surface area contributed by atoms with Crippen LogP contribution in [-0.2, 0) is 15.1 Å². The number of benzene rings is 3. The molecule has 2 atom stereocenters. The zero-order chi connectivity index (χ0) is 23.6. The SMILES string of the molecule is Cc1ccc([C@@]2(C)NC(=O)N(CC(=O)N[C@H](C)c3ccc(-c4ccccc4)cc3)C2=O)cc1. The van der Waals surface area contributed by atoms with Gasteiger partial charge in [-0.2, -0.15) is 0 Å². The summed E-state index contributed by atoms with van der Waals surface area (Å²) >= 11 is 0. The van der Waals surface area contributed by atoms with Gasteiger partial charge in [-0.1, -0.05) is 84.4 Å². The molecule has 0 unspecified atom stereocenters. The molecule has 3 aromatic rings. The summed E-state index contributed by atoms with van der Waals surface area (Å²) in [6, 6.07) is 24.6. The Labute approximate surface area is 193 Å². The highest BCUT2D eigenvalue weighted by molar-refractivity contribution is 6.09. The molecule has 0 aromatic heterocycles. The molecule has 0 radical (unpaired) electrons. The molecule has 2 N–H and O–H groups in total. The third-order valence-electron chi connectivity index (χ3n) is 6.10. The molecule has 168 valence electrons. The van der Waals surface area contributed by atoms with Crippen LogP contribution in [0.1, 0.15) is 36.6 Å². The number of imide groups is 1. The Morgan fingerprint density at radius 1 is 0.939 bits per heavy atom. The first-order valence-corrected chi connectivity index (χ1v) is 10.9. The van der Waals surface area contributed by atoms with Crippen LogP contribution in [0.5, 0.6) is 0 Å². The zero-order valence-corrected chi connectivity index (χ0v) is 19.0. The quantitative estimate of drug-likeness (QED) is 0.560. The highest BCUT2D eigenvalue weighted by Crippen LogP contribution is 2.29. The number of aryl methyl sites for hydroxylation is 1. The third-order valence-corrected chi connectivity index (χ3v) is 6.10. The fourth-order valence-corrected chi connectivity index (χ4v) is 4.03. The van der Waals surface area contributed by atoms with Gasteiger partial charge in [-0.3, -0.25) is 14.5 Å². The Bertz CT molecular complexity index is 1170. The van der Waals surface area contributed by atoms with Crippen molar-refractivity contribution in [3.63, 3.8) is 0 Å². The molecule has 33 heavy (non-hydrogen) atoms. The molecule has 0 bridgehead atoms. The molecule has 0 aliphatic carbocycles. The minimum Gasteiger partial charge on any atom is -0.348 e. The molecule has 6 nitrogen and oxygen atoms in total. The lowest BCUT2D eigenvalue weighted by Crippen LogP contribution is -2.43. The number of hydrogen-bond acceptors (Lipinski definition) is 3. The average Bonchev–Trinajstić information content (AvgIpc) is 3.04. The van der Waals surface area contributed by atoms with E-state index in [-0.39, 0.29) is 12.6 Å². The van der Waals surface area contributed by atoms with E-state index >= 15 is 0 Å². The molecule has 1 aliphatic heterocycles. The molecule has 4 rings (SSSR count). The van der Waals surface area contributed by atoms with Crippen LogP contribution in [0.3, 0.4) is 0 Å². The van der Waals surface area contributed by atoms with Gasteiger partial charge in [0.05, 0.1) is 6.04 Å². The topological polar surface area (TPSA) is 78.5 Å². The summed E-state index contributed by atoms with van der Waals surface area (Å²) in [6.45, 7) is 5.15. The zero-order valence-electron chi connectivity index (χ0n) is 19.0. The van der Waals surface area contributed by atoms with Crippen LogP contribution in [0, 0.1) is 6.92 Å². The van der Waals surface area contributed by atoms with Gasteiger partial charge in [-0.15, -0.1) is 0 Å². The minimum absolute atomic E-state index is 0.272. The second kappa shape index (κ2) is 8.90. The summed E-state index contributed by atoms with van der Waals surface area (Å²) in [4.78, 5) is 39.2. The van der Waals surface area contributed by atoms with Crippen molar-refractivity contribution in [2.45, 2.75) is 32.4 Å². The Hall–Kier alpha value is -3.93. The second-order valence-electron chi connectivity index (χ2n) is 8.59. The molecule has 3 aromatic carbocycles. The van der Waals surface area contributed by atoms with E-state index in [1.165, 1.54) is 0 Å². The fraction of sp³-hybridized carbons (Fsp3) is 0.222. The van der Waals surface area contributed by atoms with E-state index in [9.17, 15) is 14.4 Å². The number of carbonyl (C=O) groups is 3. The summed E-state index contributed by atoms with van der Waals surface area (Å²) < 4.78 is 0. The summed E-state index contributed by atoms with van der Waals surface area (Å²) in [5, 5.41) is 5.62. The molecule has 1 fully saturated rings. The summed E-state index contributed by atoms with van der Waals surface area (Å²) in [5.74, 6) is -0.835. The standard InChI is InChI=1S/C27H27N3O3/c1-18-9-15-23(16-10-18)27(3)25(32)30(26(33)29-27)17-24(31)28-19(2)20-11-13-22(14-12-20)21-7-5-4-6-8-21/h4-16,19H,17H2,1-3H3,(H,28,31)(H,29,33)/t19-,27-/m1/s1. The fourth-order valence-electron chi connectivity index (χ4n) is 4.03. The molecule has 4 amide bonds. The van der Waals surface area contributed by atoms with Gasteiger partial charge in [-0.25, -0.2) is 4.79 Å². The number of amides is 4. The Morgan fingerprint density at radius 2 is 1.55 bits per heavy atom. The Balaban J connectivity index is 1.40. The number of nitrogens with one attached hydrogen (secondary N) is 2. The first-order chi connectivity index (χ1) is 15.8. The van der Waals surface area contributed by atoms with Crippen molar-refractivity contribution in [3.8, 4) is 11.1 Å². The van der Waals surface area contributed by atoms with Crippen molar-refractivity contribution < 1.29 is 14.4 Å². The van der Waals surface area contributed by atoms with E-state index in [2.05, 4.69) is 10.6 Å². The predicted molar refractivity (Wildman–Crippen MR) is 127 cm³/mol. The van der Waals surface area contributed by atoms with Crippen LogP contribution in [0.25, 0.3) is 11.1 Å². The second-order valence-corrected chi connectivity index (χ2v) is 8.59. The van der Waals surface area contributed by atoms with Crippen LogP contribution in [0.15, 0.2) is 78.9 Å². The maximum atomic E-state index is 13.0. The maximum absolute atomic E-state index is 13.0. The van der Waals surface area contributed by atoms with Gasteiger partial charge >= 0.3 is 6.03 Å². The van der Waals surface area contributed by atoms with Gasteiger partial charge in [0.2, 0.25) is 5.91 Å². The average molecular weight is 442 g/mol. The summed E-state index contributed by atoms with van der Waals surface area (Å²) in [5.41, 5.74) is 3.69. The van der Waals surface area contributed by atoms with Gasteiger partial charge < -0.3 is 10.6 Å². The predicted octanol–water partition coefficient (Wildman–Crippen LogP) is 4.31. The lowest BCUT2D eigenvalue weighted by molar-refractivity contribution is -0.135. The molecule has 1 aliphatic rings. The molecule has 6 heteroatoms. The molecule has 0 saturated carbocycles. The molecular formula is C27H27N3O3. The largest absolute Gasteiger partial charge is 0.348 e. The van der Waals surface area contributed by atoms with E-state index in [1.807, 2.05) is 92.7 Å². The smallest absolute Gasteiger partial charge is 0.325 e. The maximum Gasteiger partial charge on any atom is 0.325 e. The van der Waals surface area contributed by atoms with Crippen LogP contribution in [0.2, 0.25) is 0 Å². The van der Waals surface area contributed by atoms with Crippen LogP contribution >= 0.6 is 0 Å². The first-order valence-electron chi connectivity index (χ1n) is 10.9. The highest BCUT2D eigenvalue weighted by Gasteiger charge is 2.49. The molecule has 1 heterocycles. The van der Waals surface area contributed by atoms with E-state index in [0.29, 0.717) is 5.56 Å². The summed E-state index contributed by atoms with van der Waals surface area (Å²) in [7, 11) is 0. The number of hydrogen-bond donors (Lipinski definition) is 2. The van der Waals surface area contributed by atoms with E-state index in [1.54, 1.807) is 6.92 Å². The van der Waals surface area contributed by atoms with Crippen LogP contribution < -0.4 is 10.6 Å². The van der Waals surface area contributed by atoms with E-state index in [4.69, 9.17) is 0 Å². The Morgan fingerprint density at radius 3 is 2.18 bits per heavy atom. The monoisotopic (exact) mass is 441 g/mol. The van der Waals surface area contributed by atoms with Crippen LogP contribution in [0.4, 0.5) is 4.79 Å². The van der Waals surface area contributed by atoms with Crippen molar-refractivity contribution >= 4 is 17.8 Å². The van der Waals surface area contributed by atoms with Crippen LogP contribution in [-0.4, -0.2) is 29.3 Å². The Kier molecular flexibility index (Phi) is 6.01.